The number of ether oxygens (including phenoxy) is 2. The Balaban J connectivity index is 1.96. The fraction of sp³-hybridized carbons (Fsp3) is 0.583. The lowest BCUT2D eigenvalue weighted by Crippen LogP contribution is -2.50. The smallest absolute Gasteiger partial charge is 0.240 e. The quantitative estimate of drug-likeness (QED) is 0.353. The predicted octanol–water partition coefficient (Wildman–Crippen LogP) is 3.35. The van der Waals surface area contributed by atoms with Crippen LogP contribution in [-0.2, 0) is 25.5 Å². The van der Waals surface area contributed by atoms with Crippen LogP contribution in [0.4, 0.5) is 0 Å². The zero-order valence-corrected chi connectivity index (χ0v) is 20.7. The molecule has 6 nitrogen and oxygen atoms in total. The average Bonchev–Trinajstić information content (AvgIpc) is 3.03. The molecule has 1 amide bonds. The number of carbonyl (C=O) groups excluding carboxylic acids is 1. The molecule has 0 bridgehead atoms. The van der Waals surface area contributed by atoms with Crippen molar-refractivity contribution in [2.24, 2.45) is 11.8 Å². The van der Waals surface area contributed by atoms with Crippen LogP contribution in [0.1, 0.15) is 31.7 Å². The van der Waals surface area contributed by atoms with Crippen LogP contribution in [0.15, 0.2) is 30.3 Å². The molecule has 1 aromatic carbocycles. The van der Waals surface area contributed by atoms with Gasteiger partial charge in [0.15, 0.2) is 0 Å². The van der Waals surface area contributed by atoms with Crippen LogP contribution in [0.5, 0.6) is 0 Å². The highest BCUT2D eigenvalue weighted by Gasteiger charge is 2.31. The molecular weight excluding hydrogens is 444 g/mol. The predicted molar refractivity (Wildman–Crippen MR) is 133 cm³/mol. The molecule has 176 valence electrons. The van der Waals surface area contributed by atoms with Crippen molar-refractivity contribution in [3.63, 3.8) is 0 Å². The van der Waals surface area contributed by atoms with Crippen LogP contribution in [-0.4, -0.2) is 55.6 Å². The zero-order valence-electron chi connectivity index (χ0n) is 19.1. The summed E-state index contributed by atoms with van der Waals surface area (Å²) in [5.74, 6) is 6.09. The summed E-state index contributed by atoms with van der Waals surface area (Å²) in [6, 6.07) is 9.69. The van der Waals surface area contributed by atoms with E-state index in [1.54, 1.807) is 7.11 Å². The molecule has 1 aliphatic rings. The fourth-order valence-electron chi connectivity index (χ4n) is 3.32. The molecule has 4 unspecified atom stereocenters. The van der Waals surface area contributed by atoms with Gasteiger partial charge in [-0.15, -0.1) is 0 Å². The minimum absolute atomic E-state index is 0.164. The van der Waals surface area contributed by atoms with Gasteiger partial charge in [-0.2, -0.15) is 5.48 Å². The summed E-state index contributed by atoms with van der Waals surface area (Å²) >= 11 is 6.50. The molecule has 2 rings (SSSR count). The number of methoxy groups -OCH3 is 1. The number of hydrogen-bond acceptors (Lipinski definition) is 7. The first-order chi connectivity index (χ1) is 15.6. The highest BCUT2D eigenvalue weighted by Crippen LogP contribution is 2.15. The second kappa shape index (κ2) is 15.3. The highest BCUT2D eigenvalue weighted by atomic mass is 32.2. The molecule has 32 heavy (non-hydrogen) atoms. The normalized spacial score (nSPS) is 21.0. The Morgan fingerprint density at radius 2 is 2.12 bits per heavy atom. The van der Waals surface area contributed by atoms with Crippen LogP contribution in [0.3, 0.4) is 0 Å². The third-order valence-electron chi connectivity index (χ3n) is 5.32. The lowest BCUT2D eigenvalue weighted by Gasteiger charge is -2.24. The average molecular weight is 479 g/mol. The Kier molecular flexibility index (Phi) is 12.7. The van der Waals surface area contributed by atoms with Gasteiger partial charge in [0.2, 0.25) is 10.3 Å². The Labute approximate surface area is 201 Å². The van der Waals surface area contributed by atoms with Gasteiger partial charge >= 0.3 is 0 Å². The van der Waals surface area contributed by atoms with Crippen molar-refractivity contribution >= 4 is 34.3 Å². The standard InChI is InChI=1S/C24H34N2O4S2/c1-4-18(16-28-2)15-25-23(27)22-20(17-29-24(31)32-3)13-14-21(30-26-22)12-8-11-19-9-6-5-7-10-19/h5-7,9-10,18,20-22,26H,4,8,11-12,15-17H2,1-3H3,(H,25,27). The van der Waals surface area contributed by atoms with Crippen molar-refractivity contribution in [1.29, 1.82) is 0 Å². The third kappa shape index (κ3) is 9.47. The molecule has 0 radical (unpaired) electrons. The molecule has 8 heteroatoms. The number of hydroxylamine groups is 1. The van der Waals surface area contributed by atoms with E-state index in [1.807, 2.05) is 24.5 Å². The summed E-state index contributed by atoms with van der Waals surface area (Å²) in [7, 11) is 1.67. The zero-order chi connectivity index (χ0) is 23.2. The summed E-state index contributed by atoms with van der Waals surface area (Å²) < 4.78 is 11.3. The maximum Gasteiger partial charge on any atom is 0.240 e. The summed E-state index contributed by atoms with van der Waals surface area (Å²) in [4.78, 5) is 18.8. The van der Waals surface area contributed by atoms with Crippen molar-refractivity contribution in [2.75, 3.05) is 33.1 Å². The van der Waals surface area contributed by atoms with Crippen molar-refractivity contribution in [2.45, 2.75) is 44.8 Å². The van der Waals surface area contributed by atoms with Crippen molar-refractivity contribution in [3.8, 4) is 11.8 Å². The van der Waals surface area contributed by atoms with Gasteiger partial charge in [-0.25, -0.2) is 0 Å². The van der Waals surface area contributed by atoms with Crippen LogP contribution in [0.2, 0.25) is 0 Å². The molecule has 1 heterocycles. The van der Waals surface area contributed by atoms with Gasteiger partial charge in [-0.05, 0) is 55.6 Å². The minimum Gasteiger partial charge on any atom is -0.477 e. The fourth-order valence-corrected chi connectivity index (χ4v) is 3.57. The second-order valence-electron chi connectivity index (χ2n) is 7.71. The van der Waals surface area contributed by atoms with Gasteiger partial charge in [0.05, 0.1) is 12.5 Å². The molecule has 0 aliphatic carbocycles. The van der Waals surface area contributed by atoms with E-state index in [0.29, 0.717) is 17.5 Å². The first kappa shape index (κ1) is 26.6. The van der Waals surface area contributed by atoms with Gasteiger partial charge in [0.1, 0.15) is 18.8 Å². The number of nitrogens with one attached hydrogen (secondary N) is 2. The molecule has 4 atom stereocenters. The molecular formula is C24H34N2O4S2. The van der Waals surface area contributed by atoms with E-state index in [-0.39, 0.29) is 30.5 Å². The number of hydrogen-bond donors (Lipinski definition) is 2. The molecule has 1 aliphatic heterocycles. The van der Waals surface area contributed by atoms with E-state index in [4.69, 9.17) is 26.5 Å². The van der Waals surface area contributed by atoms with Gasteiger partial charge < -0.3 is 14.8 Å². The van der Waals surface area contributed by atoms with Crippen LogP contribution >= 0.6 is 24.0 Å². The van der Waals surface area contributed by atoms with Crippen molar-refractivity contribution < 1.29 is 19.1 Å². The van der Waals surface area contributed by atoms with E-state index >= 15 is 0 Å². The van der Waals surface area contributed by atoms with Crippen LogP contribution < -0.4 is 10.8 Å². The lowest BCUT2D eigenvalue weighted by molar-refractivity contribution is -0.130. The molecule has 1 aromatic rings. The third-order valence-corrected chi connectivity index (χ3v) is 6.39. The lowest BCUT2D eigenvalue weighted by atomic mass is 10.00. The van der Waals surface area contributed by atoms with Gasteiger partial charge in [0, 0.05) is 13.7 Å². The van der Waals surface area contributed by atoms with Crippen molar-refractivity contribution in [3.05, 3.63) is 35.9 Å². The summed E-state index contributed by atoms with van der Waals surface area (Å²) in [5, 5.41) is 3.00. The van der Waals surface area contributed by atoms with Gasteiger partial charge in [-0.3, -0.25) is 9.63 Å². The molecule has 0 saturated carbocycles. The van der Waals surface area contributed by atoms with E-state index in [0.717, 1.165) is 25.7 Å². The number of rotatable bonds is 12. The number of carbonyl (C=O) groups is 1. The Morgan fingerprint density at radius 1 is 1.34 bits per heavy atom. The van der Waals surface area contributed by atoms with Gasteiger partial charge in [0.25, 0.3) is 0 Å². The topological polar surface area (TPSA) is 68.8 Å². The molecule has 0 saturated heterocycles. The molecule has 0 aromatic heterocycles. The van der Waals surface area contributed by atoms with Crippen LogP contribution in [0.25, 0.3) is 0 Å². The minimum atomic E-state index is -0.647. The summed E-state index contributed by atoms with van der Waals surface area (Å²) in [6.07, 6.45) is 5.15. The number of aryl methyl sites for hydroxylation is 1. The number of thioether (sulfide) groups is 1. The number of amides is 1. The number of benzene rings is 1. The summed E-state index contributed by atoms with van der Waals surface area (Å²) in [6.45, 7) is 3.44. The van der Waals surface area contributed by atoms with E-state index in [1.165, 1.54) is 17.3 Å². The monoisotopic (exact) mass is 478 g/mol. The largest absolute Gasteiger partial charge is 0.477 e. The Morgan fingerprint density at radius 3 is 2.81 bits per heavy atom. The Hall–Kier alpha value is -1.63. The second-order valence-corrected chi connectivity index (χ2v) is 9.12. The number of thiocarbonyl (C=S) groups is 1. The Bertz CT molecular complexity index is 766. The van der Waals surface area contributed by atoms with Crippen LogP contribution in [0, 0.1) is 23.7 Å². The molecule has 0 fully saturated rings. The van der Waals surface area contributed by atoms with E-state index in [9.17, 15) is 4.79 Å². The van der Waals surface area contributed by atoms with Crippen molar-refractivity contribution in [1.82, 2.24) is 10.8 Å². The van der Waals surface area contributed by atoms with E-state index in [2.05, 4.69) is 41.7 Å². The highest BCUT2D eigenvalue weighted by molar-refractivity contribution is 8.22. The molecule has 0 spiro atoms. The van der Waals surface area contributed by atoms with E-state index < -0.39 is 6.04 Å². The maximum atomic E-state index is 13.0. The molecule has 2 N–H and O–H groups in total. The first-order valence-electron chi connectivity index (χ1n) is 11.0. The first-order valence-corrected chi connectivity index (χ1v) is 12.6. The maximum absolute atomic E-state index is 13.0. The summed E-state index contributed by atoms with van der Waals surface area (Å²) in [5.41, 5.74) is 4.24. The SMILES string of the molecule is CCC(CNC(=O)C1NOC(CCCc2ccccc2)C#CC1COC(=S)SC)COC. The van der Waals surface area contributed by atoms with Gasteiger partial charge in [-0.1, -0.05) is 60.9 Å².